The standard InChI is InChI=1S/C15H25BrN4O.HI/c1-17-14(18-11-15(21)6-4-5-7-15)20(3)10-13-8-12(16)9-19(13)2;/h8-9,21H,4-7,10-11H2,1-3H3,(H,17,18);1H. The van der Waals surface area contributed by atoms with Crippen molar-refractivity contribution in [1.82, 2.24) is 14.8 Å². The summed E-state index contributed by atoms with van der Waals surface area (Å²) in [7, 11) is 5.82. The Morgan fingerprint density at radius 3 is 2.64 bits per heavy atom. The molecule has 1 aliphatic rings. The predicted octanol–water partition coefficient (Wildman–Crippen LogP) is 2.72. The van der Waals surface area contributed by atoms with Crippen LogP contribution in [0.3, 0.4) is 0 Å². The molecule has 0 spiro atoms. The third-order valence-corrected chi connectivity index (χ3v) is 4.59. The predicted molar refractivity (Wildman–Crippen MR) is 105 cm³/mol. The summed E-state index contributed by atoms with van der Waals surface area (Å²) < 4.78 is 3.18. The van der Waals surface area contributed by atoms with Gasteiger partial charge < -0.3 is 19.9 Å². The highest BCUT2D eigenvalue weighted by Gasteiger charge is 2.31. The van der Waals surface area contributed by atoms with Crippen LogP contribution in [0.1, 0.15) is 31.4 Å². The second-order valence-electron chi connectivity index (χ2n) is 5.95. The molecule has 7 heteroatoms. The third kappa shape index (κ3) is 5.13. The van der Waals surface area contributed by atoms with Gasteiger partial charge in [-0.05, 0) is 34.8 Å². The quantitative estimate of drug-likeness (QED) is 0.392. The molecule has 1 aromatic heterocycles. The largest absolute Gasteiger partial charge is 0.388 e. The first-order valence-corrected chi connectivity index (χ1v) is 8.18. The Morgan fingerprint density at radius 1 is 1.50 bits per heavy atom. The van der Waals surface area contributed by atoms with Crippen molar-refractivity contribution >= 4 is 45.9 Å². The lowest BCUT2D eigenvalue weighted by atomic mass is 10.0. The SMILES string of the molecule is CN=C(NCC1(O)CCCC1)N(C)Cc1cc(Br)cn1C.I. The van der Waals surface area contributed by atoms with Crippen molar-refractivity contribution in [2.45, 2.75) is 37.8 Å². The summed E-state index contributed by atoms with van der Waals surface area (Å²) in [4.78, 5) is 6.38. The minimum Gasteiger partial charge on any atom is -0.388 e. The number of aromatic nitrogens is 1. The second-order valence-corrected chi connectivity index (χ2v) is 6.86. The molecule has 0 bridgehead atoms. The maximum atomic E-state index is 10.4. The number of aliphatic imine (C=N–C) groups is 1. The zero-order valence-electron chi connectivity index (χ0n) is 13.5. The van der Waals surface area contributed by atoms with Gasteiger partial charge in [0, 0.05) is 44.1 Å². The van der Waals surface area contributed by atoms with Gasteiger partial charge in [0.2, 0.25) is 0 Å². The molecule has 0 amide bonds. The Hall–Kier alpha value is -0.280. The van der Waals surface area contributed by atoms with Gasteiger partial charge in [0.15, 0.2) is 5.96 Å². The van der Waals surface area contributed by atoms with Crippen molar-refractivity contribution in [3.63, 3.8) is 0 Å². The van der Waals surface area contributed by atoms with E-state index in [1.807, 2.05) is 20.3 Å². The van der Waals surface area contributed by atoms with E-state index in [2.05, 4.69) is 41.8 Å². The van der Waals surface area contributed by atoms with Gasteiger partial charge >= 0.3 is 0 Å². The van der Waals surface area contributed by atoms with E-state index >= 15 is 0 Å². The van der Waals surface area contributed by atoms with E-state index < -0.39 is 5.60 Å². The summed E-state index contributed by atoms with van der Waals surface area (Å²) in [6, 6.07) is 2.11. The van der Waals surface area contributed by atoms with Crippen molar-refractivity contribution in [3.05, 3.63) is 22.4 Å². The third-order valence-electron chi connectivity index (χ3n) is 4.16. The van der Waals surface area contributed by atoms with Crippen molar-refractivity contribution in [2.75, 3.05) is 20.6 Å². The summed E-state index contributed by atoms with van der Waals surface area (Å²) in [6.45, 7) is 1.33. The molecule has 0 aromatic carbocycles. The van der Waals surface area contributed by atoms with E-state index in [4.69, 9.17) is 0 Å². The van der Waals surface area contributed by atoms with E-state index in [9.17, 15) is 5.11 Å². The van der Waals surface area contributed by atoms with Gasteiger partial charge in [0.1, 0.15) is 0 Å². The van der Waals surface area contributed by atoms with Crippen LogP contribution in [0.5, 0.6) is 0 Å². The van der Waals surface area contributed by atoms with Crippen LogP contribution in [0.15, 0.2) is 21.7 Å². The Bertz CT molecular complexity index is 512. The first-order valence-electron chi connectivity index (χ1n) is 7.38. The van der Waals surface area contributed by atoms with E-state index in [1.165, 1.54) is 5.69 Å². The van der Waals surface area contributed by atoms with Crippen LogP contribution in [0.4, 0.5) is 0 Å². The topological polar surface area (TPSA) is 52.8 Å². The number of hydrogen-bond donors (Lipinski definition) is 2. The maximum Gasteiger partial charge on any atom is 0.193 e. The van der Waals surface area contributed by atoms with Crippen LogP contribution < -0.4 is 5.32 Å². The van der Waals surface area contributed by atoms with E-state index in [0.29, 0.717) is 6.54 Å². The summed E-state index contributed by atoms with van der Waals surface area (Å²) in [5, 5.41) is 13.7. The smallest absolute Gasteiger partial charge is 0.193 e. The van der Waals surface area contributed by atoms with Crippen molar-refractivity contribution in [2.24, 2.45) is 12.0 Å². The zero-order valence-corrected chi connectivity index (χ0v) is 17.4. The molecule has 1 heterocycles. The molecule has 22 heavy (non-hydrogen) atoms. The molecule has 2 rings (SSSR count). The number of halogens is 2. The van der Waals surface area contributed by atoms with Gasteiger partial charge in [0.05, 0.1) is 12.1 Å². The first kappa shape index (κ1) is 19.8. The van der Waals surface area contributed by atoms with Crippen LogP contribution >= 0.6 is 39.9 Å². The van der Waals surface area contributed by atoms with Crippen LogP contribution in [-0.2, 0) is 13.6 Å². The van der Waals surface area contributed by atoms with E-state index in [-0.39, 0.29) is 24.0 Å². The molecule has 0 saturated heterocycles. The van der Waals surface area contributed by atoms with Gasteiger partial charge in [-0.1, -0.05) is 12.8 Å². The highest BCUT2D eigenvalue weighted by molar-refractivity contribution is 14.0. The van der Waals surface area contributed by atoms with Crippen molar-refractivity contribution in [1.29, 1.82) is 0 Å². The lowest BCUT2D eigenvalue weighted by Gasteiger charge is -2.27. The van der Waals surface area contributed by atoms with Crippen LogP contribution in [-0.4, -0.2) is 46.8 Å². The molecular formula is C15H26BrIN4O. The molecular weight excluding hydrogens is 459 g/mol. The summed E-state index contributed by atoms with van der Waals surface area (Å²) in [5.41, 5.74) is 0.636. The highest BCUT2D eigenvalue weighted by atomic mass is 127. The van der Waals surface area contributed by atoms with Crippen LogP contribution in [0.2, 0.25) is 0 Å². The zero-order chi connectivity index (χ0) is 15.5. The van der Waals surface area contributed by atoms with Crippen LogP contribution in [0, 0.1) is 0 Å². The number of aliphatic hydroxyl groups is 1. The molecule has 0 unspecified atom stereocenters. The number of aryl methyl sites for hydroxylation is 1. The van der Waals surface area contributed by atoms with Gasteiger partial charge in [-0.25, -0.2) is 0 Å². The summed E-state index contributed by atoms with van der Waals surface area (Å²) >= 11 is 3.49. The van der Waals surface area contributed by atoms with Crippen molar-refractivity contribution in [3.8, 4) is 0 Å². The fourth-order valence-electron chi connectivity index (χ4n) is 2.88. The fourth-order valence-corrected chi connectivity index (χ4v) is 3.45. The lowest BCUT2D eigenvalue weighted by molar-refractivity contribution is 0.0516. The number of nitrogens with zero attached hydrogens (tertiary/aromatic N) is 3. The number of guanidine groups is 1. The van der Waals surface area contributed by atoms with Gasteiger partial charge in [-0.3, -0.25) is 4.99 Å². The molecule has 0 radical (unpaired) electrons. The highest BCUT2D eigenvalue weighted by Crippen LogP contribution is 2.28. The van der Waals surface area contributed by atoms with Gasteiger partial charge in [0.25, 0.3) is 0 Å². The molecule has 1 aliphatic carbocycles. The maximum absolute atomic E-state index is 10.4. The Labute approximate surface area is 158 Å². The number of nitrogens with one attached hydrogen (secondary N) is 1. The van der Waals surface area contributed by atoms with Crippen molar-refractivity contribution < 1.29 is 5.11 Å². The molecule has 0 aliphatic heterocycles. The second kappa shape index (κ2) is 8.54. The number of rotatable bonds is 4. The Morgan fingerprint density at radius 2 is 2.14 bits per heavy atom. The fraction of sp³-hybridized carbons (Fsp3) is 0.667. The summed E-state index contributed by atoms with van der Waals surface area (Å²) in [6.07, 6.45) is 6.03. The minimum absolute atomic E-state index is 0. The minimum atomic E-state index is -0.565. The molecule has 1 aromatic rings. The van der Waals surface area contributed by atoms with Gasteiger partial charge in [-0.2, -0.15) is 0 Å². The molecule has 5 nitrogen and oxygen atoms in total. The van der Waals surface area contributed by atoms with E-state index in [0.717, 1.165) is 42.7 Å². The number of hydrogen-bond acceptors (Lipinski definition) is 2. The Balaban J connectivity index is 0.00000242. The van der Waals surface area contributed by atoms with Crippen LogP contribution in [0.25, 0.3) is 0 Å². The molecule has 0 atom stereocenters. The average molecular weight is 485 g/mol. The summed E-state index contributed by atoms with van der Waals surface area (Å²) in [5.74, 6) is 0.813. The van der Waals surface area contributed by atoms with Gasteiger partial charge in [-0.15, -0.1) is 24.0 Å². The molecule has 2 N–H and O–H groups in total. The van der Waals surface area contributed by atoms with E-state index in [1.54, 1.807) is 7.05 Å². The molecule has 126 valence electrons. The monoisotopic (exact) mass is 484 g/mol. The first-order chi connectivity index (χ1) is 9.93. The lowest BCUT2D eigenvalue weighted by Crippen LogP contribution is -2.46. The molecule has 1 saturated carbocycles. The Kier molecular flexibility index (Phi) is 7.67. The normalized spacial score (nSPS) is 17.2. The molecule has 1 fully saturated rings. The average Bonchev–Trinajstić information content (AvgIpc) is 2.97.